The topological polar surface area (TPSA) is 103 Å². The smallest absolute Gasteiger partial charge is 0.266 e. The molecule has 10 heteroatoms. The molecule has 0 aliphatic carbocycles. The Balaban J connectivity index is 1.46. The molecular formula is C20H24N6O3S. The van der Waals surface area contributed by atoms with Gasteiger partial charge in [-0.3, -0.25) is 9.78 Å². The predicted octanol–water partition coefficient (Wildman–Crippen LogP) is 1.48. The fourth-order valence-electron chi connectivity index (χ4n) is 3.58. The van der Waals surface area contributed by atoms with Crippen molar-refractivity contribution in [3.05, 3.63) is 59.0 Å². The molecule has 30 heavy (non-hydrogen) atoms. The third-order valence-corrected chi connectivity index (χ3v) is 6.91. The molecule has 0 N–H and O–H groups in total. The lowest BCUT2D eigenvalue weighted by Gasteiger charge is -2.37. The molecule has 0 atom stereocenters. The summed E-state index contributed by atoms with van der Waals surface area (Å²) in [4.78, 5) is 20.5. The maximum absolute atomic E-state index is 12.9. The summed E-state index contributed by atoms with van der Waals surface area (Å²) < 4.78 is 30.3. The second-order valence-electron chi connectivity index (χ2n) is 7.87. The number of sulfonamides is 1. The molecule has 1 aliphatic rings. The average molecular weight is 429 g/mol. The average Bonchev–Trinajstić information content (AvgIpc) is 3.09. The molecule has 0 unspecified atom stereocenters. The molecule has 0 amide bonds. The lowest BCUT2D eigenvalue weighted by molar-refractivity contribution is 0.172. The molecular weight excluding hydrogens is 404 g/mol. The Bertz CT molecular complexity index is 1210. The van der Waals surface area contributed by atoms with Gasteiger partial charge in [0.15, 0.2) is 5.03 Å². The highest BCUT2D eigenvalue weighted by Gasteiger charge is 2.38. The van der Waals surface area contributed by atoms with Gasteiger partial charge in [-0.2, -0.15) is 9.40 Å². The Hall–Kier alpha value is -2.85. The van der Waals surface area contributed by atoms with Crippen molar-refractivity contribution in [2.75, 3.05) is 13.1 Å². The zero-order chi connectivity index (χ0) is 21.5. The predicted molar refractivity (Wildman–Crippen MR) is 111 cm³/mol. The molecule has 0 aromatic carbocycles. The van der Waals surface area contributed by atoms with Crippen LogP contribution in [-0.4, -0.2) is 50.1 Å². The molecule has 1 fully saturated rings. The van der Waals surface area contributed by atoms with Crippen LogP contribution >= 0.6 is 0 Å². The summed E-state index contributed by atoms with van der Waals surface area (Å²) in [7, 11) is -1.84. The van der Waals surface area contributed by atoms with Crippen LogP contribution in [0.1, 0.15) is 25.6 Å². The van der Waals surface area contributed by atoms with Crippen molar-refractivity contribution in [3.63, 3.8) is 0 Å². The summed E-state index contributed by atoms with van der Waals surface area (Å²) in [5.74, 6) is 0.883. The number of nitrogens with zero attached hydrogens (tertiary/aromatic N) is 6. The monoisotopic (exact) mass is 428 g/mol. The van der Waals surface area contributed by atoms with Gasteiger partial charge in [-0.15, -0.1) is 0 Å². The SMILES string of the molecule is CC(C)c1nc(S(=O)(=O)N2CC(Cn3nc(-c4ccncc4)ccc3=O)C2)cn1C. The fraction of sp³-hybridized carbons (Fsp3) is 0.400. The molecule has 9 nitrogen and oxygen atoms in total. The van der Waals surface area contributed by atoms with E-state index >= 15 is 0 Å². The zero-order valence-corrected chi connectivity index (χ0v) is 18.0. The largest absolute Gasteiger partial charge is 0.336 e. The minimum absolute atomic E-state index is 0.0194. The van der Waals surface area contributed by atoms with Crippen molar-refractivity contribution in [2.24, 2.45) is 13.0 Å². The van der Waals surface area contributed by atoms with Crippen LogP contribution < -0.4 is 5.56 Å². The minimum Gasteiger partial charge on any atom is -0.336 e. The molecule has 4 heterocycles. The van der Waals surface area contributed by atoms with Crippen LogP contribution in [0.15, 0.2) is 52.7 Å². The lowest BCUT2D eigenvalue weighted by Crippen LogP contribution is -2.52. The van der Waals surface area contributed by atoms with E-state index in [0.717, 1.165) is 11.4 Å². The van der Waals surface area contributed by atoms with Crippen LogP contribution in [0.25, 0.3) is 11.3 Å². The van der Waals surface area contributed by atoms with Gasteiger partial charge in [0.25, 0.3) is 15.6 Å². The highest BCUT2D eigenvalue weighted by atomic mass is 32.2. The van der Waals surface area contributed by atoms with Crippen LogP contribution in [-0.2, 0) is 23.6 Å². The van der Waals surface area contributed by atoms with Gasteiger partial charge in [0.2, 0.25) is 0 Å². The second-order valence-corrected chi connectivity index (χ2v) is 9.75. The number of hydrogen-bond acceptors (Lipinski definition) is 6. The van der Waals surface area contributed by atoms with Gasteiger partial charge in [-0.1, -0.05) is 13.8 Å². The second kappa shape index (κ2) is 7.77. The highest BCUT2D eigenvalue weighted by molar-refractivity contribution is 7.89. The molecule has 1 saturated heterocycles. The van der Waals surface area contributed by atoms with E-state index in [-0.39, 0.29) is 22.4 Å². The van der Waals surface area contributed by atoms with E-state index in [4.69, 9.17) is 0 Å². The van der Waals surface area contributed by atoms with E-state index in [1.165, 1.54) is 15.1 Å². The van der Waals surface area contributed by atoms with Gasteiger partial charge in [0.1, 0.15) is 5.82 Å². The van der Waals surface area contributed by atoms with Crippen molar-refractivity contribution < 1.29 is 8.42 Å². The quantitative estimate of drug-likeness (QED) is 0.589. The molecule has 0 radical (unpaired) electrons. The van der Waals surface area contributed by atoms with E-state index in [1.807, 2.05) is 26.0 Å². The standard InChI is InChI=1S/C20H24N6O3S/c1-14(2)20-22-18(13-24(20)3)30(28,29)25-10-15(11-25)12-26-19(27)5-4-17(23-26)16-6-8-21-9-7-16/h4-9,13-15H,10-12H2,1-3H3. The van der Waals surface area contributed by atoms with Crippen molar-refractivity contribution in [1.82, 2.24) is 28.6 Å². The summed E-state index contributed by atoms with van der Waals surface area (Å²) in [6.07, 6.45) is 4.90. The minimum atomic E-state index is -3.64. The summed E-state index contributed by atoms with van der Waals surface area (Å²) in [5, 5.41) is 4.51. The number of aryl methyl sites for hydroxylation is 1. The number of hydrogen-bond donors (Lipinski definition) is 0. The van der Waals surface area contributed by atoms with Crippen molar-refractivity contribution in [2.45, 2.75) is 31.3 Å². The Labute approximate surface area is 175 Å². The van der Waals surface area contributed by atoms with Crippen molar-refractivity contribution >= 4 is 10.0 Å². The van der Waals surface area contributed by atoms with E-state index in [9.17, 15) is 13.2 Å². The van der Waals surface area contributed by atoms with Crippen molar-refractivity contribution in [3.8, 4) is 11.3 Å². The highest BCUT2D eigenvalue weighted by Crippen LogP contribution is 2.26. The molecule has 0 bridgehead atoms. The molecule has 0 saturated carbocycles. The normalized spacial score (nSPS) is 15.5. The van der Waals surface area contributed by atoms with Gasteiger partial charge < -0.3 is 4.57 Å². The first-order chi connectivity index (χ1) is 14.3. The first kappa shape index (κ1) is 20.4. The number of imidazole rings is 1. The van der Waals surface area contributed by atoms with Crippen LogP contribution in [0.5, 0.6) is 0 Å². The van der Waals surface area contributed by atoms with Gasteiger partial charge in [-0.25, -0.2) is 18.1 Å². The molecule has 3 aromatic heterocycles. The maximum Gasteiger partial charge on any atom is 0.266 e. The molecule has 3 aromatic rings. The van der Waals surface area contributed by atoms with Crippen LogP contribution in [0, 0.1) is 5.92 Å². The molecule has 0 spiro atoms. The van der Waals surface area contributed by atoms with Gasteiger partial charge >= 0.3 is 0 Å². The molecule has 158 valence electrons. The fourth-order valence-corrected chi connectivity index (χ4v) is 5.16. The van der Waals surface area contributed by atoms with E-state index in [2.05, 4.69) is 15.1 Å². The summed E-state index contributed by atoms with van der Waals surface area (Å²) in [6.45, 7) is 4.99. The van der Waals surface area contributed by atoms with Crippen molar-refractivity contribution in [1.29, 1.82) is 0 Å². The summed E-state index contributed by atoms with van der Waals surface area (Å²) >= 11 is 0. The summed E-state index contributed by atoms with van der Waals surface area (Å²) in [5.41, 5.74) is 1.34. The van der Waals surface area contributed by atoms with Gasteiger partial charge in [-0.05, 0) is 18.2 Å². The number of rotatable bonds is 6. The third kappa shape index (κ3) is 3.80. The van der Waals surface area contributed by atoms with E-state index in [0.29, 0.717) is 25.3 Å². The zero-order valence-electron chi connectivity index (χ0n) is 17.1. The van der Waals surface area contributed by atoms with Gasteiger partial charge in [0, 0.05) is 62.2 Å². The molecule has 4 rings (SSSR count). The van der Waals surface area contributed by atoms with Crippen LogP contribution in [0.4, 0.5) is 0 Å². The third-order valence-electron chi connectivity index (χ3n) is 5.21. The number of pyridine rings is 1. The van der Waals surface area contributed by atoms with E-state index < -0.39 is 10.0 Å². The van der Waals surface area contributed by atoms with E-state index in [1.54, 1.807) is 36.3 Å². The lowest BCUT2D eigenvalue weighted by atomic mass is 10.0. The molecule has 1 aliphatic heterocycles. The van der Waals surface area contributed by atoms with Crippen LogP contribution in [0.2, 0.25) is 0 Å². The first-order valence-electron chi connectivity index (χ1n) is 9.77. The Morgan fingerprint density at radius 3 is 2.47 bits per heavy atom. The van der Waals surface area contributed by atoms with Crippen LogP contribution in [0.3, 0.4) is 0 Å². The Morgan fingerprint density at radius 2 is 1.83 bits per heavy atom. The summed E-state index contributed by atoms with van der Waals surface area (Å²) in [6, 6.07) is 6.82. The number of aromatic nitrogens is 5. The Morgan fingerprint density at radius 1 is 1.13 bits per heavy atom. The Kier molecular flexibility index (Phi) is 5.29. The van der Waals surface area contributed by atoms with Gasteiger partial charge in [0.05, 0.1) is 12.2 Å². The first-order valence-corrected chi connectivity index (χ1v) is 11.2. The maximum atomic E-state index is 12.9.